The van der Waals surface area contributed by atoms with Crippen molar-refractivity contribution in [1.29, 1.82) is 0 Å². The Labute approximate surface area is 87.0 Å². The van der Waals surface area contributed by atoms with E-state index in [0.29, 0.717) is 6.61 Å². The number of carbonyl (C=O) groups is 1. The average Bonchev–Trinajstić information content (AvgIpc) is 2.21. The molecule has 0 heterocycles. The van der Waals surface area contributed by atoms with Gasteiger partial charge in [-0.1, -0.05) is 45.4 Å². The minimum atomic E-state index is -0.295. The molecule has 14 heavy (non-hydrogen) atoms. The number of unbranched alkanes of at least 4 members (excludes halogenated alkanes) is 6. The number of ether oxygens (including phenoxy) is 1. The highest BCUT2D eigenvalue weighted by Crippen LogP contribution is 2.06. The van der Waals surface area contributed by atoms with Gasteiger partial charge in [0, 0.05) is 0 Å². The fraction of sp³-hybridized carbons (Fsp3) is 0.909. The maximum Gasteiger partial charge on any atom is 0.319 e. The first-order chi connectivity index (χ1) is 6.81. The topological polar surface area (TPSA) is 52.3 Å². The van der Waals surface area contributed by atoms with Crippen molar-refractivity contribution >= 4 is 5.97 Å². The number of hydrogen-bond acceptors (Lipinski definition) is 3. The second-order valence-electron chi connectivity index (χ2n) is 3.55. The third-order valence-electron chi connectivity index (χ3n) is 2.18. The largest absolute Gasteiger partial charge is 0.465 e. The van der Waals surface area contributed by atoms with Crippen molar-refractivity contribution in [2.24, 2.45) is 5.73 Å². The van der Waals surface area contributed by atoms with Gasteiger partial charge < -0.3 is 10.5 Å². The molecule has 0 rings (SSSR count). The predicted octanol–water partition coefficient (Wildman–Crippen LogP) is 2.24. The molecule has 0 bridgehead atoms. The molecule has 0 aromatic rings. The van der Waals surface area contributed by atoms with Crippen LogP contribution in [0, 0.1) is 0 Å². The minimum absolute atomic E-state index is 0.00347. The first-order valence-corrected chi connectivity index (χ1v) is 5.67. The van der Waals surface area contributed by atoms with E-state index in [1.165, 1.54) is 32.1 Å². The Balaban J connectivity index is 2.95. The van der Waals surface area contributed by atoms with Gasteiger partial charge >= 0.3 is 5.97 Å². The van der Waals surface area contributed by atoms with Crippen molar-refractivity contribution in [3.8, 4) is 0 Å². The van der Waals surface area contributed by atoms with E-state index in [4.69, 9.17) is 10.5 Å². The maximum absolute atomic E-state index is 10.6. The summed E-state index contributed by atoms with van der Waals surface area (Å²) in [5.74, 6) is -0.295. The normalized spacial score (nSPS) is 10.1. The summed E-state index contributed by atoms with van der Waals surface area (Å²) in [6.07, 6.45) is 8.63. The predicted molar refractivity (Wildman–Crippen MR) is 58.0 cm³/mol. The monoisotopic (exact) mass is 201 g/mol. The Kier molecular flexibility index (Phi) is 10.1. The van der Waals surface area contributed by atoms with E-state index >= 15 is 0 Å². The van der Waals surface area contributed by atoms with E-state index in [2.05, 4.69) is 6.92 Å². The second kappa shape index (κ2) is 10.5. The maximum atomic E-state index is 10.6. The molecule has 0 atom stereocenters. The van der Waals surface area contributed by atoms with Gasteiger partial charge in [-0.2, -0.15) is 0 Å². The lowest BCUT2D eigenvalue weighted by molar-refractivity contribution is -0.142. The van der Waals surface area contributed by atoms with Crippen molar-refractivity contribution in [2.45, 2.75) is 51.9 Å². The lowest BCUT2D eigenvalue weighted by Crippen LogP contribution is -2.17. The molecule has 0 aromatic carbocycles. The molecular formula is C11H23NO2. The SMILES string of the molecule is CCCCCCCCCOC(=O)CN. The molecule has 2 N–H and O–H groups in total. The molecule has 0 aliphatic heterocycles. The molecule has 3 nitrogen and oxygen atoms in total. The van der Waals surface area contributed by atoms with Gasteiger partial charge in [-0.05, 0) is 6.42 Å². The summed E-state index contributed by atoms with van der Waals surface area (Å²) in [5.41, 5.74) is 5.09. The Hall–Kier alpha value is -0.570. The van der Waals surface area contributed by atoms with Crippen LogP contribution in [0.5, 0.6) is 0 Å². The van der Waals surface area contributed by atoms with E-state index in [9.17, 15) is 4.79 Å². The highest BCUT2D eigenvalue weighted by Gasteiger charge is 1.97. The van der Waals surface area contributed by atoms with Crippen LogP contribution < -0.4 is 5.73 Å². The van der Waals surface area contributed by atoms with Gasteiger partial charge in [0.15, 0.2) is 0 Å². The fourth-order valence-electron chi connectivity index (χ4n) is 1.30. The second-order valence-corrected chi connectivity index (χ2v) is 3.55. The number of esters is 1. The third-order valence-corrected chi connectivity index (χ3v) is 2.18. The molecule has 84 valence electrons. The van der Waals surface area contributed by atoms with Crippen LogP contribution in [0.15, 0.2) is 0 Å². The van der Waals surface area contributed by atoms with Crippen LogP contribution in [0.2, 0.25) is 0 Å². The molecule has 0 amide bonds. The number of hydrogen-bond donors (Lipinski definition) is 1. The van der Waals surface area contributed by atoms with Crippen LogP contribution in [0.1, 0.15) is 51.9 Å². The van der Waals surface area contributed by atoms with Crippen molar-refractivity contribution < 1.29 is 9.53 Å². The molecule has 0 aliphatic rings. The van der Waals surface area contributed by atoms with Gasteiger partial charge in [-0.15, -0.1) is 0 Å². The Bertz CT molecular complexity index is 137. The average molecular weight is 201 g/mol. The van der Waals surface area contributed by atoms with Crippen molar-refractivity contribution in [1.82, 2.24) is 0 Å². The zero-order chi connectivity index (χ0) is 10.6. The van der Waals surface area contributed by atoms with E-state index in [1.54, 1.807) is 0 Å². The first-order valence-electron chi connectivity index (χ1n) is 5.67. The van der Waals surface area contributed by atoms with Crippen molar-refractivity contribution in [2.75, 3.05) is 13.2 Å². The smallest absolute Gasteiger partial charge is 0.319 e. The standard InChI is InChI=1S/C11H23NO2/c1-2-3-4-5-6-7-8-9-14-11(13)10-12/h2-10,12H2,1H3. The molecule has 0 fully saturated rings. The van der Waals surface area contributed by atoms with Gasteiger partial charge in [0.05, 0.1) is 13.2 Å². The third kappa shape index (κ3) is 9.52. The highest BCUT2D eigenvalue weighted by molar-refractivity contribution is 5.71. The van der Waals surface area contributed by atoms with Gasteiger partial charge in [0.25, 0.3) is 0 Å². The van der Waals surface area contributed by atoms with Crippen molar-refractivity contribution in [3.05, 3.63) is 0 Å². The zero-order valence-electron chi connectivity index (χ0n) is 9.26. The molecule has 0 spiro atoms. The van der Waals surface area contributed by atoms with Crippen LogP contribution in [-0.4, -0.2) is 19.1 Å². The fourth-order valence-corrected chi connectivity index (χ4v) is 1.30. The lowest BCUT2D eigenvalue weighted by atomic mass is 10.1. The molecule has 0 saturated heterocycles. The summed E-state index contributed by atoms with van der Waals surface area (Å²) >= 11 is 0. The van der Waals surface area contributed by atoms with Gasteiger partial charge in [0.1, 0.15) is 0 Å². The zero-order valence-corrected chi connectivity index (χ0v) is 9.26. The molecule has 0 radical (unpaired) electrons. The van der Waals surface area contributed by atoms with Crippen LogP contribution in [0.25, 0.3) is 0 Å². The molecule has 3 heteroatoms. The summed E-state index contributed by atoms with van der Waals surface area (Å²) in [7, 11) is 0. The molecule has 0 unspecified atom stereocenters. The summed E-state index contributed by atoms with van der Waals surface area (Å²) in [6, 6.07) is 0. The van der Waals surface area contributed by atoms with E-state index in [1.807, 2.05) is 0 Å². The van der Waals surface area contributed by atoms with Crippen LogP contribution >= 0.6 is 0 Å². The van der Waals surface area contributed by atoms with Gasteiger partial charge in [0.2, 0.25) is 0 Å². The van der Waals surface area contributed by atoms with Crippen LogP contribution in [-0.2, 0) is 9.53 Å². The van der Waals surface area contributed by atoms with E-state index < -0.39 is 0 Å². The molecule has 0 aliphatic carbocycles. The Morgan fingerprint density at radius 3 is 2.21 bits per heavy atom. The highest BCUT2D eigenvalue weighted by atomic mass is 16.5. The summed E-state index contributed by atoms with van der Waals surface area (Å²) < 4.78 is 4.85. The summed E-state index contributed by atoms with van der Waals surface area (Å²) in [5, 5.41) is 0. The quantitative estimate of drug-likeness (QED) is 0.460. The minimum Gasteiger partial charge on any atom is -0.465 e. The number of rotatable bonds is 9. The van der Waals surface area contributed by atoms with Gasteiger partial charge in [-0.3, -0.25) is 4.79 Å². The first kappa shape index (κ1) is 13.4. The molecular weight excluding hydrogens is 178 g/mol. The van der Waals surface area contributed by atoms with Crippen molar-refractivity contribution in [3.63, 3.8) is 0 Å². The summed E-state index contributed by atoms with van der Waals surface area (Å²) in [4.78, 5) is 10.6. The summed E-state index contributed by atoms with van der Waals surface area (Å²) in [6.45, 7) is 2.74. The van der Waals surface area contributed by atoms with Crippen LogP contribution in [0.4, 0.5) is 0 Å². The van der Waals surface area contributed by atoms with E-state index in [-0.39, 0.29) is 12.5 Å². The number of carbonyl (C=O) groups excluding carboxylic acids is 1. The van der Waals surface area contributed by atoms with Gasteiger partial charge in [-0.25, -0.2) is 0 Å². The molecule has 0 saturated carbocycles. The van der Waals surface area contributed by atoms with Crippen LogP contribution in [0.3, 0.4) is 0 Å². The molecule has 0 aromatic heterocycles. The Morgan fingerprint density at radius 1 is 1.07 bits per heavy atom. The number of nitrogens with two attached hydrogens (primary N) is 1. The lowest BCUT2D eigenvalue weighted by Gasteiger charge is -2.02. The Morgan fingerprint density at radius 2 is 1.64 bits per heavy atom. The van der Waals surface area contributed by atoms with E-state index in [0.717, 1.165) is 12.8 Å².